The Labute approximate surface area is 127 Å². The Bertz CT molecular complexity index is 619. The second-order valence-electron chi connectivity index (χ2n) is 4.99. The van der Waals surface area contributed by atoms with Gasteiger partial charge < -0.3 is 19.9 Å². The number of nitrogens with one attached hydrogen (secondary N) is 1. The van der Waals surface area contributed by atoms with Crippen molar-refractivity contribution in [2.24, 2.45) is 5.92 Å². The summed E-state index contributed by atoms with van der Waals surface area (Å²) in [6.45, 7) is -0.321. The fourth-order valence-electron chi connectivity index (χ4n) is 2.03. The highest BCUT2D eigenvalue weighted by molar-refractivity contribution is 5.84. The van der Waals surface area contributed by atoms with Crippen LogP contribution in [-0.4, -0.2) is 36.7 Å². The van der Waals surface area contributed by atoms with E-state index in [0.29, 0.717) is 17.1 Å². The third-order valence-corrected chi connectivity index (χ3v) is 3.33. The van der Waals surface area contributed by atoms with E-state index in [0.717, 1.165) is 12.8 Å². The molecule has 1 amide bonds. The van der Waals surface area contributed by atoms with Crippen molar-refractivity contribution >= 4 is 11.9 Å². The highest BCUT2D eigenvalue weighted by atomic mass is 16.5. The van der Waals surface area contributed by atoms with E-state index in [1.165, 1.54) is 19.2 Å². The molecule has 22 heavy (non-hydrogen) atoms. The Balaban J connectivity index is 1.93. The zero-order valence-electron chi connectivity index (χ0n) is 12.0. The third-order valence-electron chi connectivity index (χ3n) is 3.33. The summed E-state index contributed by atoms with van der Waals surface area (Å²) >= 11 is 0. The number of carbonyl (C=O) groups excluding carboxylic acids is 1. The van der Waals surface area contributed by atoms with Gasteiger partial charge in [-0.1, -0.05) is 0 Å². The molecule has 0 spiro atoms. The minimum atomic E-state index is -1.04. The van der Waals surface area contributed by atoms with Crippen LogP contribution >= 0.6 is 0 Å². The van der Waals surface area contributed by atoms with Crippen molar-refractivity contribution in [3.05, 3.63) is 23.8 Å². The lowest BCUT2D eigenvalue weighted by atomic mass is 10.2. The predicted molar refractivity (Wildman–Crippen MR) is 75.5 cm³/mol. The van der Waals surface area contributed by atoms with E-state index in [9.17, 15) is 9.59 Å². The van der Waals surface area contributed by atoms with Gasteiger partial charge in [-0.15, -0.1) is 0 Å². The van der Waals surface area contributed by atoms with Crippen LogP contribution in [0.25, 0.3) is 0 Å². The number of carbonyl (C=O) groups is 2. The molecule has 1 aromatic rings. The molecule has 0 bridgehead atoms. The second-order valence-corrected chi connectivity index (χ2v) is 4.99. The number of methoxy groups -OCH3 is 1. The van der Waals surface area contributed by atoms with E-state index < -0.39 is 17.9 Å². The van der Waals surface area contributed by atoms with Gasteiger partial charge in [-0.05, 0) is 30.9 Å². The Hall–Kier alpha value is -2.75. The average Bonchev–Trinajstić information content (AvgIpc) is 3.34. The van der Waals surface area contributed by atoms with Crippen LogP contribution in [0, 0.1) is 17.2 Å². The van der Waals surface area contributed by atoms with E-state index in [2.05, 4.69) is 5.32 Å². The standard InChI is InChI=1S/C15H16N2O5/c1-21-12-6-9(7-16)2-5-11(12)22-8-13(18)17-14(15(19)20)10-3-4-10/h2,5-6,10,14H,3-4,8H2,1H3,(H,17,18)(H,19,20). The topological polar surface area (TPSA) is 109 Å². The van der Waals surface area contributed by atoms with Crippen LogP contribution in [0.2, 0.25) is 0 Å². The Morgan fingerprint density at radius 1 is 1.45 bits per heavy atom. The molecule has 116 valence electrons. The molecule has 1 atom stereocenters. The van der Waals surface area contributed by atoms with Gasteiger partial charge in [-0.3, -0.25) is 4.79 Å². The van der Waals surface area contributed by atoms with E-state index >= 15 is 0 Å². The molecular formula is C15H16N2O5. The number of nitriles is 1. The summed E-state index contributed by atoms with van der Waals surface area (Å²) in [6, 6.07) is 5.68. The van der Waals surface area contributed by atoms with Gasteiger partial charge in [0, 0.05) is 6.07 Å². The summed E-state index contributed by atoms with van der Waals surface area (Å²) < 4.78 is 10.4. The minimum absolute atomic E-state index is 0.00546. The first kappa shape index (κ1) is 15.6. The normalized spacial score (nSPS) is 14.5. The molecule has 2 rings (SSSR count). The fraction of sp³-hybridized carbons (Fsp3) is 0.400. The lowest BCUT2D eigenvalue weighted by molar-refractivity contribution is -0.142. The van der Waals surface area contributed by atoms with E-state index in [4.69, 9.17) is 19.8 Å². The predicted octanol–water partition coefficient (Wildman–Crippen LogP) is 0.925. The lowest BCUT2D eigenvalue weighted by Crippen LogP contribution is -2.44. The quantitative estimate of drug-likeness (QED) is 0.775. The van der Waals surface area contributed by atoms with Crippen LogP contribution in [0.5, 0.6) is 11.5 Å². The van der Waals surface area contributed by atoms with Gasteiger partial charge in [0.05, 0.1) is 18.7 Å². The molecule has 0 radical (unpaired) electrons. The number of benzene rings is 1. The highest BCUT2D eigenvalue weighted by Crippen LogP contribution is 2.32. The molecule has 7 nitrogen and oxygen atoms in total. The summed E-state index contributed by atoms with van der Waals surface area (Å²) in [4.78, 5) is 22.8. The maximum atomic E-state index is 11.8. The van der Waals surface area contributed by atoms with Gasteiger partial charge in [0.25, 0.3) is 5.91 Å². The maximum absolute atomic E-state index is 11.8. The van der Waals surface area contributed by atoms with Gasteiger partial charge in [-0.2, -0.15) is 5.26 Å². The molecule has 0 aliphatic heterocycles. The van der Waals surface area contributed by atoms with Crippen molar-refractivity contribution < 1.29 is 24.2 Å². The van der Waals surface area contributed by atoms with Crippen molar-refractivity contribution in [1.82, 2.24) is 5.32 Å². The van der Waals surface area contributed by atoms with E-state index in [1.807, 2.05) is 6.07 Å². The fourth-order valence-corrected chi connectivity index (χ4v) is 2.03. The van der Waals surface area contributed by atoms with Crippen molar-refractivity contribution in [2.45, 2.75) is 18.9 Å². The number of hydrogen-bond donors (Lipinski definition) is 2. The van der Waals surface area contributed by atoms with Crippen molar-refractivity contribution in [1.29, 1.82) is 5.26 Å². The van der Waals surface area contributed by atoms with Crippen LogP contribution in [0.4, 0.5) is 0 Å². The summed E-state index contributed by atoms with van der Waals surface area (Å²) in [5.74, 6) is -0.887. The Morgan fingerprint density at radius 2 is 2.18 bits per heavy atom. The number of rotatable bonds is 7. The number of amides is 1. The van der Waals surface area contributed by atoms with E-state index in [1.54, 1.807) is 6.07 Å². The van der Waals surface area contributed by atoms with E-state index in [-0.39, 0.29) is 12.5 Å². The molecule has 7 heteroatoms. The molecule has 1 aliphatic carbocycles. The van der Waals surface area contributed by atoms with Crippen molar-refractivity contribution in [2.75, 3.05) is 13.7 Å². The van der Waals surface area contributed by atoms with Crippen LogP contribution in [-0.2, 0) is 9.59 Å². The van der Waals surface area contributed by atoms with Gasteiger partial charge in [0.1, 0.15) is 6.04 Å². The van der Waals surface area contributed by atoms with Gasteiger partial charge in [-0.25, -0.2) is 4.79 Å². The number of hydrogen-bond acceptors (Lipinski definition) is 5. The summed E-state index contributed by atoms with van der Waals surface area (Å²) in [5, 5.41) is 20.3. The van der Waals surface area contributed by atoms with Crippen LogP contribution in [0.3, 0.4) is 0 Å². The molecule has 1 aromatic carbocycles. The van der Waals surface area contributed by atoms with Crippen LogP contribution in [0.15, 0.2) is 18.2 Å². The zero-order valence-corrected chi connectivity index (χ0v) is 12.0. The molecule has 1 aliphatic rings. The number of carboxylic acid groups (broad SMARTS) is 1. The number of nitrogens with zero attached hydrogens (tertiary/aromatic N) is 1. The monoisotopic (exact) mass is 304 g/mol. The molecular weight excluding hydrogens is 288 g/mol. The molecule has 0 saturated heterocycles. The largest absolute Gasteiger partial charge is 0.493 e. The maximum Gasteiger partial charge on any atom is 0.326 e. The molecule has 1 saturated carbocycles. The summed E-state index contributed by atoms with van der Waals surface area (Å²) in [5.41, 5.74) is 0.410. The van der Waals surface area contributed by atoms with Crippen molar-refractivity contribution in [3.63, 3.8) is 0 Å². The Morgan fingerprint density at radius 3 is 2.73 bits per heavy atom. The SMILES string of the molecule is COc1cc(C#N)ccc1OCC(=O)NC(C(=O)O)C1CC1. The molecule has 1 unspecified atom stereocenters. The first-order valence-electron chi connectivity index (χ1n) is 6.78. The van der Waals surface area contributed by atoms with Crippen molar-refractivity contribution in [3.8, 4) is 17.6 Å². The van der Waals surface area contributed by atoms with Gasteiger partial charge >= 0.3 is 5.97 Å². The number of ether oxygens (including phenoxy) is 2. The first-order valence-corrected chi connectivity index (χ1v) is 6.78. The second kappa shape index (κ2) is 6.80. The van der Waals surface area contributed by atoms with Crippen LogP contribution in [0.1, 0.15) is 18.4 Å². The third kappa shape index (κ3) is 3.88. The highest BCUT2D eigenvalue weighted by Gasteiger charge is 2.37. The first-order chi connectivity index (χ1) is 10.5. The summed E-state index contributed by atoms with van der Waals surface area (Å²) in [6.07, 6.45) is 1.61. The number of aliphatic carboxylic acids is 1. The average molecular weight is 304 g/mol. The molecule has 0 aromatic heterocycles. The van der Waals surface area contributed by atoms with Crippen LogP contribution < -0.4 is 14.8 Å². The molecule has 0 heterocycles. The van der Waals surface area contributed by atoms with Gasteiger partial charge in [0.15, 0.2) is 18.1 Å². The smallest absolute Gasteiger partial charge is 0.326 e. The number of carboxylic acids is 1. The lowest BCUT2D eigenvalue weighted by Gasteiger charge is -2.15. The zero-order chi connectivity index (χ0) is 16.1. The summed E-state index contributed by atoms with van der Waals surface area (Å²) in [7, 11) is 1.43. The van der Waals surface area contributed by atoms with Gasteiger partial charge in [0.2, 0.25) is 0 Å². The minimum Gasteiger partial charge on any atom is -0.493 e. The Kier molecular flexibility index (Phi) is 4.84. The molecule has 2 N–H and O–H groups in total. The molecule has 1 fully saturated rings.